The zero-order chi connectivity index (χ0) is 14.9. The monoisotopic (exact) mass is 284 g/mol. The van der Waals surface area contributed by atoms with Crippen LogP contribution in [0.5, 0.6) is 0 Å². The average molecular weight is 284 g/mol. The molecule has 0 amide bonds. The largest absolute Gasteiger partial charge is 0.465 e. The molecule has 2 rings (SSSR count). The van der Waals surface area contributed by atoms with E-state index in [2.05, 4.69) is 20.2 Å². The molecule has 108 valence electrons. The van der Waals surface area contributed by atoms with Crippen molar-refractivity contribution in [2.45, 2.75) is 12.8 Å². The van der Waals surface area contributed by atoms with Gasteiger partial charge in [0.15, 0.2) is 5.82 Å². The van der Waals surface area contributed by atoms with Gasteiger partial charge < -0.3 is 4.74 Å². The van der Waals surface area contributed by atoms with E-state index in [0.717, 1.165) is 5.56 Å². The van der Waals surface area contributed by atoms with Crippen LogP contribution >= 0.6 is 0 Å². The molecule has 0 saturated carbocycles. The average Bonchev–Trinajstić information content (AvgIpc) is 2.53. The number of hydrogen-bond acceptors (Lipinski definition) is 6. The van der Waals surface area contributed by atoms with Gasteiger partial charge in [0, 0.05) is 18.6 Å². The number of carbonyl (C=O) groups excluding carboxylic acids is 1. The van der Waals surface area contributed by atoms with Crippen LogP contribution in [-0.2, 0) is 9.53 Å². The van der Waals surface area contributed by atoms with Gasteiger partial charge in [-0.05, 0) is 30.7 Å². The lowest BCUT2D eigenvalue weighted by Crippen LogP contribution is -2.18. The first-order chi connectivity index (χ1) is 10.3. The molecule has 1 unspecified atom stereocenters. The summed E-state index contributed by atoms with van der Waals surface area (Å²) in [6, 6.07) is 8.97. The fourth-order valence-corrected chi connectivity index (χ4v) is 1.75. The molecule has 2 heterocycles. The molecule has 0 bridgehead atoms. The maximum Gasteiger partial charge on any atom is 0.315 e. The third kappa shape index (κ3) is 4.45. The molecule has 0 fully saturated rings. The molecule has 21 heavy (non-hydrogen) atoms. The smallest absolute Gasteiger partial charge is 0.315 e. The van der Waals surface area contributed by atoms with Crippen LogP contribution in [0.15, 0.2) is 59.2 Å². The van der Waals surface area contributed by atoms with Gasteiger partial charge >= 0.3 is 5.97 Å². The summed E-state index contributed by atoms with van der Waals surface area (Å²) in [5.74, 6) is -0.331. The van der Waals surface area contributed by atoms with Crippen LogP contribution in [-0.4, -0.2) is 29.1 Å². The Morgan fingerprint density at radius 1 is 1.29 bits per heavy atom. The van der Waals surface area contributed by atoms with Crippen molar-refractivity contribution in [2.24, 2.45) is 10.2 Å². The molecule has 6 heteroatoms. The van der Waals surface area contributed by atoms with Crippen molar-refractivity contribution in [1.29, 1.82) is 0 Å². The number of rotatable bonds is 6. The number of nitrogens with zero attached hydrogens (tertiary/aromatic N) is 4. The van der Waals surface area contributed by atoms with Crippen LogP contribution in [0.1, 0.15) is 18.4 Å². The third-order valence-electron chi connectivity index (χ3n) is 2.74. The van der Waals surface area contributed by atoms with Crippen molar-refractivity contribution in [3.05, 3.63) is 54.5 Å². The molecule has 6 nitrogen and oxygen atoms in total. The highest BCUT2D eigenvalue weighted by Crippen LogP contribution is 2.18. The molecule has 0 radical (unpaired) electrons. The lowest BCUT2D eigenvalue weighted by atomic mass is 10.0. The Bertz CT molecular complexity index is 587. The summed E-state index contributed by atoms with van der Waals surface area (Å²) >= 11 is 0. The van der Waals surface area contributed by atoms with Crippen molar-refractivity contribution in [1.82, 2.24) is 9.97 Å². The van der Waals surface area contributed by atoms with Crippen molar-refractivity contribution in [3.63, 3.8) is 0 Å². The first-order valence-corrected chi connectivity index (χ1v) is 6.66. The van der Waals surface area contributed by atoms with E-state index in [4.69, 9.17) is 4.74 Å². The van der Waals surface area contributed by atoms with Gasteiger partial charge in [0.25, 0.3) is 0 Å². The molecular formula is C15H16N4O2. The van der Waals surface area contributed by atoms with E-state index in [0.29, 0.717) is 12.4 Å². The Morgan fingerprint density at radius 3 is 2.86 bits per heavy atom. The Hall–Kier alpha value is -2.63. The topological polar surface area (TPSA) is 76.8 Å². The van der Waals surface area contributed by atoms with Crippen molar-refractivity contribution < 1.29 is 9.53 Å². The predicted molar refractivity (Wildman–Crippen MR) is 77.2 cm³/mol. The first-order valence-electron chi connectivity index (χ1n) is 6.66. The Kier molecular flexibility index (Phi) is 5.51. The van der Waals surface area contributed by atoms with Gasteiger partial charge in [-0.2, -0.15) is 5.11 Å². The van der Waals surface area contributed by atoms with Crippen molar-refractivity contribution >= 4 is 11.8 Å². The summed E-state index contributed by atoms with van der Waals surface area (Å²) in [5, 5.41) is 8.06. The lowest BCUT2D eigenvalue weighted by Gasteiger charge is -2.12. The van der Waals surface area contributed by atoms with Crippen LogP contribution in [0.3, 0.4) is 0 Å². The first kappa shape index (κ1) is 14.8. The van der Waals surface area contributed by atoms with Crippen LogP contribution < -0.4 is 0 Å². The second kappa shape index (κ2) is 7.84. The van der Waals surface area contributed by atoms with E-state index in [9.17, 15) is 4.79 Å². The second-order valence-electron chi connectivity index (χ2n) is 4.20. The third-order valence-corrected chi connectivity index (χ3v) is 2.74. The quantitative estimate of drug-likeness (QED) is 0.603. The molecule has 2 aromatic rings. The van der Waals surface area contributed by atoms with Crippen LogP contribution in [0.4, 0.5) is 5.82 Å². The number of pyridine rings is 2. The molecule has 2 aromatic heterocycles. The van der Waals surface area contributed by atoms with Gasteiger partial charge in [0.05, 0.1) is 13.2 Å². The highest BCUT2D eigenvalue weighted by atomic mass is 16.5. The number of hydrogen-bond donors (Lipinski definition) is 0. The summed E-state index contributed by atoms with van der Waals surface area (Å²) in [6.45, 7) is 2.29. The molecule has 0 aromatic carbocycles. The van der Waals surface area contributed by atoms with Crippen LogP contribution in [0.25, 0.3) is 0 Å². The van der Waals surface area contributed by atoms with E-state index in [-0.39, 0.29) is 12.5 Å². The number of ether oxygens (including phenoxy) is 1. The second-order valence-corrected chi connectivity index (χ2v) is 4.20. The highest BCUT2D eigenvalue weighted by molar-refractivity contribution is 5.78. The van der Waals surface area contributed by atoms with E-state index < -0.39 is 5.92 Å². The Morgan fingerprint density at radius 2 is 2.19 bits per heavy atom. The van der Waals surface area contributed by atoms with Crippen molar-refractivity contribution in [3.8, 4) is 0 Å². The fourth-order valence-electron chi connectivity index (χ4n) is 1.75. The normalized spacial score (nSPS) is 12.2. The number of carbonyl (C=O) groups is 1. The minimum Gasteiger partial charge on any atom is -0.465 e. The zero-order valence-electron chi connectivity index (χ0n) is 11.7. The molecule has 0 aliphatic rings. The zero-order valence-corrected chi connectivity index (χ0v) is 11.7. The van der Waals surface area contributed by atoms with Gasteiger partial charge in [-0.3, -0.25) is 9.78 Å². The highest BCUT2D eigenvalue weighted by Gasteiger charge is 2.22. The maximum absolute atomic E-state index is 12.0. The van der Waals surface area contributed by atoms with Gasteiger partial charge in [-0.15, -0.1) is 5.11 Å². The van der Waals surface area contributed by atoms with E-state index in [1.54, 1.807) is 43.7 Å². The standard InChI is InChI=1S/C15H16N4O2/c1-2-21-15(20)13(12-6-5-8-16-10-12)11-18-19-14-7-3-4-9-17-14/h3-10,13H,2,11H2,1H3. The van der Waals surface area contributed by atoms with Gasteiger partial charge in [-0.25, -0.2) is 4.98 Å². The molecular weight excluding hydrogens is 268 g/mol. The fraction of sp³-hybridized carbons (Fsp3) is 0.267. The Labute approximate surface area is 122 Å². The van der Waals surface area contributed by atoms with Crippen LogP contribution in [0.2, 0.25) is 0 Å². The van der Waals surface area contributed by atoms with Gasteiger partial charge in [-0.1, -0.05) is 12.1 Å². The van der Waals surface area contributed by atoms with Crippen molar-refractivity contribution in [2.75, 3.05) is 13.2 Å². The SMILES string of the molecule is CCOC(=O)C(CN=Nc1ccccn1)c1cccnc1. The summed E-state index contributed by atoms with van der Waals surface area (Å²) in [7, 11) is 0. The molecule has 0 aliphatic carbocycles. The van der Waals surface area contributed by atoms with Crippen LogP contribution in [0, 0.1) is 0 Å². The molecule has 0 aliphatic heterocycles. The predicted octanol–water partition coefficient (Wildman–Crippen LogP) is 2.91. The maximum atomic E-state index is 12.0. The van der Waals surface area contributed by atoms with E-state index in [1.165, 1.54) is 0 Å². The summed E-state index contributed by atoms with van der Waals surface area (Å²) in [6.07, 6.45) is 4.93. The summed E-state index contributed by atoms with van der Waals surface area (Å²) in [4.78, 5) is 20.1. The molecule has 0 N–H and O–H groups in total. The minimum absolute atomic E-state index is 0.196. The Balaban J connectivity index is 2.09. The minimum atomic E-state index is -0.508. The summed E-state index contributed by atoms with van der Waals surface area (Å²) in [5.41, 5.74) is 0.760. The van der Waals surface area contributed by atoms with Gasteiger partial charge in [0.1, 0.15) is 5.92 Å². The molecule has 0 saturated heterocycles. The van der Waals surface area contributed by atoms with E-state index >= 15 is 0 Å². The number of aromatic nitrogens is 2. The molecule has 0 spiro atoms. The summed E-state index contributed by atoms with van der Waals surface area (Å²) < 4.78 is 5.08. The molecule has 1 atom stereocenters. The number of azo groups is 1. The number of esters is 1. The van der Waals surface area contributed by atoms with Gasteiger partial charge in [0.2, 0.25) is 0 Å². The lowest BCUT2D eigenvalue weighted by molar-refractivity contribution is -0.144. The van der Waals surface area contributed by atoms with E-state index in [1.807, 2.05) is 12.1 Å².